The number of aryl methyl sites for hydroxylation is 1. The summed E-state index contributed by atoms with van der Waals surface area (Å²) in [6.07, 6.45) is 0.453. The van der Waals surface area contributed by atoms with Crippen molar-refractivity contribution in [3.8, 4) is 0 Å². The van der Waals surface area contributed by atoms with Gasteiger partial charge in [0.2, 0.25) is 11.8 Å². The van der Waals surface area contributed by atoms with Crippen LogP contribution in [0.25, 0.3) is 0 Å². The fraction of sp³-hybridized carbons (Fsp3) is 0.286. The molecule has 0 fully saturated rings. The van der Waals surface area contributed by atoms with Gasteiger partial charge in [-0.2, -0.15) is 0 Å². The van der Waals surface area contributed by atoms with E-state index in [9.17, 15) is 19.5 Å². The van der Waals surface area contributed by atoms with Crippen molar-refractivity contribution in [2.24, 2.45) is 0 Å². The fourth-order valence-electron chi connectivity index (χ4n) is 2.84. The average molecular weight is 368 g/mol. The molecule has 6 nitrogen and oxygen atoms in total. The topological polar surface area (TPSA) is 95.5 Å². The zero-order valence-corrected chi connectivity index (χ0v) is 15.4. The van der Waals surface area contributed by atoms with E-state index in [1.54, 1.807) is 0 Å². The lowest BCUT2D eigenvalue weighted by atomic mass is 10.00. The minimum Gasteiger partial charge on any atom is -0.480 e. The molecule has 27 heavy (non-hydrogen) atoms. The van der Waals surface area contributed by atoms with E-state index < -0.39 is 24.0 Å². The molecule has 6 heteroatoms. The number of carbonyl (C=O) groups excluding carboxylic acids is 2. The first kappa shape index (κ1) is 20.2. The van der Waals surface area contributed by atoms with E-state index in [4.69, 9.17) is 0 Å². The van der Waals surface area contributed by atoms with Gasteiger partial charge < -0.3 is 15.7 Å². The molecule has 0 aliphatic rings. The first-order valence-corrected chi connectivity index (χ1v) is 8.75. The number of aliphatic carboxylic acids is 1. The highest BCUT2D eigenvalue weighted by Crippen LogP contribution is 2.11. The standard InChI is InChI=1S/C21H24N2O4/c1-14-8-6-7-11-17(14)13-19(21(26)27)23-20(25)18(22-15(2)24)12-16-9-4-3-5-10-16/h3-11,18-19H,12-13H2,1-2H3,(H,22,24)(H,23,25)(H,26,27)/t18-,19-/m0/s1. The van der Waals surface area contributed by atoms with Crippen molar-refractivity contribution >= 4 is 17.8 Å². The summed E-state index contributed by atoms with van der Waals surface area (Å²) in [6.45, 7) is 3.22. The van der Waals surface area contributed by atoms with E-state index in [0.717, 1.165) is 16.7 Å². The van der Waals surface area contributed by atoms with Crippen LogP contribution < -0.4 is 10.6 Å². The number of benzene rings is 2. The minimum absolute atomic E-state index is 0.172. The Kier molecular flexibility index (Phi) is 7.11. The van der Waals surface area contributed by atoms with Crippen molar-refractivity contribution in [3.05, 3.63) is 71.3 Å². The molecule has 2 aromatic rings. The molecular formula is C21H24N2O4. The Hall–Kier alpha value is -3.15. The van der Waals surface area contributed by atoms with Crippen LogP contribution in [0.1, 0.15) is 23.6 Å². The predicted octanol–water partition coefficient (Wildman–Crippen LogP) is 1.85. The lowest BCUT2D eigenvalue weighted by molar-refractivity contribution is -0.142. The van der Waals surface area contributed by atoms with Gasteiger partial charge in [-0.3, -0.25) is 9.59 Å². The first-order chi connectivity index (χ1) is 12.9. The minimum atomic E-state index is -1.12. The van der Waals surface area contributed by atoms with Crippen LogP contribution in [0.2, 0.25) is 0 Å². The predicted molar refractivity (Wildman–Crippen MR) is 102 cm³/mol. The SMILES string of the molecule is CC(=O)N[C@@H](Cc1ccccc1)C(=O)N[C@@H](Cc1ccccc1C)C(=O)O. The summed E-state index contributed by atoms with van der Waals surface area (Å²) < 4.78 is 0. The highest BCUT2D eigenvalue weighted by atomic mass is 16.4. The second kappa shape index (κ2) is 9.52. The molecule has 0 spiro atoms. The highest BCUT2D eigenvalue weighted by molar-refractivity contribution is 5.90. The summed E-state index contributed by atoms with van der Waals surface area (Å²) in [7, 11) is 0. The van der Waals surface area contributed by atoms with Crippen LogP contribution >= 0.6 is 0 Å². The molecule has 0 radical (unpaired) electrons. The number of carbonyl (C=O) groups is 3. The van der Waals surface area contributed by atoms with Crippen LogP contribution in [0.3, 0.4) is 0 Å². The van der Waals surface area contributed by atoms with Gasteiger partial charge in [0.05, 0.1) is 0 Å². The highest BCUT2D eigenvalue weighted by Gasteiger charge is 2.26. The molecule has 142 valence electrons. The summed E-state index contributed by atoms with van der Waals surface area (Å²) in [4.78, 5) is 35.8. The van der Waals surface area contributed by atoms with E-state index in [-0.39, 0.29) is 18.7 Å². The lowest BCUT2D eigenvalue weighted by Gasteiger charge is -2.21. The van der Waals surface area contributed by atoms with Gasteiger partial charge in [0, 0.05) is 19.8 Å². The van der Waals surface area contributed by atoms with Crippen LogP contribution in [0.5, 0.6) is 0 Å². The molecule has 2 amide bonds. The third kappa shape index (κ3) is 6.26. The van der Waals surface area contributed by atoms with Crippen molar-refractivity contribution in [3.63, 3.8) is 0 Å². The van der Waals surface area contributed by atoms with E-state index >= 15 is 0 Å². The van der Waals surface area contributed by atoms with Gasteiger partial charge in [-0.15, -0.1) is 0 Å². The second-order valence-electron chi connectivity index (χ2n) is 6.47. The van der Waals surface area contributed by atoms with Gasteiger partial charge in [0.25, 0.3) is 0 Å². The second-order valence-corrected chi connectivity index (χ2v) is 6.47. The van der Waals surface area contributed by atoms with Crippen LogP contribution in [-0.2, 0) is 27.2 Å². The summed E-state index contributed by atoms with van der Waals surface area (Å²) in [5.41, 5.74) is 2.68. The maximum Gasteiger partial charge on any atom is 0.326 e. The average Bonchev–Trinajstić information content (AvgIpc) is 2.62. The van der Waals surface area contributed by atoms with Gasteiger partial charge >= 0.3 is 5.97 Å². The third-order valence-electron chi connectivity index (χ3n) is 4.28. The van der Waals surface area contributed by atoms with Gasteiger partial charge in [-0.1, -0.05) is 54.6 Å². The molecule has 0 aromatic heterocycles. The Bertz CT molecular complexity index is 805. The lowest BCUT2D eigenvalue weighted by Crippen LogP contribution is -2.52. The Morgan fingerprint density at radius 2 is 1.52 bits per heavy atom. The monoisotopic (exact) mass is 368 g/mol. The van der Waals surface area contributed by atoms with Gasteiger partial charge in [0.1, 0.15) is 12.1 Å². The van der Waals surface area contributed by atoms with E-state index in [2.05, 4.69) is 10.6 Å². The van der Waals surface area contributed by atoms with Crippen LogP contribution in [0.4, 0.5) is 0 Å². The molecule has 2 atom stereocenters. The number of rotatable bonds is 8. The van der Waals surface area contributed by atoms with Crippen molar-refractivity contribution in [1.82, 2.24) is 10.6 Å². The van der Waals surface area contributed by atoms with Crippen molar-refractivity contribution in [2.75, 3.05) is 0 Å². The molecular weight excluding hydrogens is 344 g/mol. The molecule has 0 bridgehead atoms. The van der Waals surface area contributed by atoms with Crippen LogP contribution in [0.15, 0.2) is 54.6 Å². The van der Waals surface area contributed by atoms with Crippen molar-refractivity contribution < 1.29 is 19.5 Å². The Morgan fingerprint density at radius 3 is 2.11 bits per heavy atom. The van der Waals surface area contributed by atoms with Gasteiger partial charge in [-0.05, 0) is 23.6 Å². The van der Waals surface area contributed by atoms with E-state index in [0.29, 0.717) is 0 Å². The Balaban J connectivity index is 2.13. The maximum atomic E-state index is 12.7. The molecule has 0 saturated carbocycles. The summed E-state index contributed by atoms with van der Waals surface area (Å²) >= 11 is 0. The third-order valence-corrected chi connectivity index (χ3v) is 4.28. The Morgan fingerprint density at radius 1 is 0.889 bits per heavy atom. The smallest absolute Gasteiger partial charge is 0.326 e. The number of hydrogen-bond acceptors (Lipinski definition) is 3. The molecule has 2 aromatic carbocycles. The summed E-state index contributed by atoms with van der Waals surface area (Å²) in [6, 6.07) is 14.8. The molecule has 2 rings (SSSR count). The van der Waals surface area contributed by atoms with Crippen molar-refractivity contribution in [2.45, 2.75) is 38.8 Å². The Labute approximate surface area is 158 Å². The number of amides is 2. The number of nitrogens with one attached hydrogen (secondary N) is 2. The number of carboxylic acid groups (broad SMARTS) is 1. The van der Waals surface area contributed by atoms with Crippen LogP contribution in [0, 0.1) is 6.92 Å². The summed E-state index contributed by atoms with van der Waals surface area (Å²) in [5.74, 6) is -1.99. The van der Waals surface area contributed by atoms with Gasteiger partial charge in [0.15, 0.2) is 0 Å². The summed E-state index contributed by atoms with van der Waals surface area (Å²) in [5, 5.41) is 14.7. The number of hydrogen-bond donors (Lipinski definition) is 3. The first-order valence-electron chi connectivity index (χ1n) is 8.75. The molecule has 0 heterocycles. The molecule has 0 saturated heterocycles. The molecule has 0 aliphatic carbocycles. The van der Waals surface area contributed by atoms with E-state index in [1.807, 2.05) is 61.5 Å². The number of carboxylic acids is 1. The van der Waals surface area contributed by atoms with Crippen molar-refractivity contribution in [1.29, 1.82) is 0 Å². The molecule has 0 aliphatic heterocycles. The van der Waals surface area contributed by atoms with Gasteiger partial charge in [-0.25, -0.2) is 4.79 Å². The zero-order chi connectivity index (χ0) is 19.8. The largest absolute Gasteiger partial charge is 0.480 e. The van der Waals surface area contributed by atoms with Crippen LogP contribution in [-0.4, -0.2) is 35.0 Å². The zero-order valence-electron chi connectivity index (χ0n) is 15.4. The fourth-order valence-corrected chi connectivity index (χ4v) is 2.84. The quantitative estimate of drug-likeness (QED) is 0.663. The molecule has 0 unspecified atom stereocenters. The molecule has 3 N–H and O–H groups in total. The normalized spacial score (nSPS) is 12.7. The van der Waals surface area contributed by atoms with E-state index in [1.165, 1.54) is 6.92 Å². The maximum absolute atomic E-state index is 12.7.